The van der Waals surface area contributed by atoms with E-state index in [1.807, 2.05) is 6.07 Å². The average Bonchev–Trinajstić information content (AvgIpc) is 3.23. The lowest BCUT2D eigenvalue weighted by molar-refractivity contribution is 0.0852. The van der Waals surface area contributed by atoms with Crippen molar-refractivity contribution in [2.45, 2.75) is 84.3 Å². The minimum absolute atomic E-state index is 0.0548. The maximum absolute atomic E-state index is 13.3. The Hall–Kier alpha value is -2.13. The van der Waals surface area contributed by atoms with Crippen molar-refractivity contribution in [3.05, 3.63) is 27.0 Å². The smallest absolute Gasteiger partial charge is 0.271 e. The molecule has 1 atom stereocenters. The summed E-state index contributed by atoms with van der Waals surface area (Å²) in [5.74, 6) is 0.0844. The molecule has 1 aromatic heterocycles. The maximum atomic E-state index is 13.3. The van der Waals surface area contributed by atoms with Gasteiger partial charge in [-0.3, -0.25) is 14.2 Å². The Balaban J connectivity index is 1.87. The van der Waals surface area contributed by atoms with E-state index < -0.39 is 5.56 Å². The highest BCUT2D eigenvalue weighted by atomic mass is 16.5. The Morgan fingerprint density at radius 1 is 1.28 bits per heavy atom. The highest BCUT2D eigenvalue weighted by Crippen LogP contribution is 2.36. The zero-order valence-electron chi connectivity index (χ0n) is 17.6. The molecular weight excluding hydrogens is 368 g/mol. The maximum Gasteiger partial charge on any atom is 0.271 e. The predicted molar refractivity (Wildman–Crippen MR) is 110 cm³/mol. The molecule has 1 aromatic rings. The number of Topliss-reactive ketones (excluding diaryl/α,β-unsaturated/α-hetero) is 1. The van der Waals surface area contributed by atoms with Crippen LogP contribution < -0.4 is 5.56 Å². The van der Waals surface area contributed by atoms with E-state index in [1.54, 1.807) is 6.92 Å². The highest BCUT2D eigenvalue weighted by molar-refractivity contribution is 6.01. The Morgan fingerprint density at radius 3 is 2.59 bits per heavy atom. The second kappa shape index (κ2) is 9.58. The zero-order chi connectivity index (χ0) is 21.0. The third kappa shape index (κ3) is 4.56. The van der Waals surface area contributed by atoms with Gasteiger partial charge in [0.1, 0.15) is 11.6 Å². The number of carbonyl (C=O) groups excluding carboxylic acids is 1. The van der Waals surface area contributed by atoms with Crippen molar-refractivity contribution >= 4 is 5.78 Å². The lowest BCUT2D eigenvalue weighted by Crippen LogP contribution is -2.32. The molecule has 1 aliphatic carbocycles. The second-order valence-corrected chi connectivity index (χ2v) is 8.59. The summed E-state index contributed by atoms with van der Waals surface area (Å²) in [5, 5.41) is 20.4. The van der Waals surface area contributed by atoms with Gasteiger partial charge < -0.3 is 9.84 Å². The molecule has 1 N–H and O–H groups in total. The van der Waals surface area contributed by atoms with E-state index >= 15 is 0 Å². The van der Waals surface area contributed by atoms with Gasteiger partial charge in [0, 0.05) is 12.5 Å². The number of carbonyl (C=O) groups is 1. The number of rotatable bonds is 7. The summed E-state index contributed by atoms with van der Waals surface area (Å²) in [5.41, 5.74) is -0.147. The monoisotopic (exact) mass is 400 g/mol. The van der Waals surface area contributed by atoms with Gasteiger partial charge in [-0.25, -0.2) is 0 Å². The van der Waals surface area contributed by atoms with Gasteiger partial charge in [-0.2, -0.15) is 5.26 Å². The summed E-state index contributed by atoms with van der Waals surface area (Å²) in [4.78, 5) is 26.1. The minimum atomic E-state index is -0.544. The van der Waals surface area contributed by atoms with Gasteiger partial charge in [0.15, 0.2) is 5.78 Å². The molecule has 158 valence electrons. The number of hydrogen-bond acceptors (Lipinski definition) is 5. The summed E-state index contributed by atoms with van der Waals surface area (Å²) in [6, 6.07) is 1.95. The highest BCUT2D eigenvalue weighted by Gasteiger charge is 2.32. The molecule has 2 heterocycles. The molecule has 1 saturated carbocycles. The molecule has 0 radical (unpaired) electrons. The van der Waals surface area contributed by atoms with Crippen LogP contribution in [0.2, 0.25) is 0 Å². The van der Waals surface area contributed by atoms with Gasteiger partial charge in [0.2, 0.25) is 5.88 Å². The van der Waals surface area contributed by atoms with Gasteiger partial charge >= 0.3 is 0 Å². The normalized spacial score (nSPS) is 24.4. The van der Waals surface area contributed by atoms with Gasteiger partial charge in [-0.1, -0.05) is 26.2 Å². The topological polar surface area (TPSA) is 92.3 Å². The molecule has 2 fully saturated rings. The fourth-order valence-corrected chi connectivity index (χ4v) is 4.82. The molecule has 1 unspecified atom stereocenters. The van der Waals surface area contributed by atoms with E-state index in [-0.39, 0.29) is 41.4 Å². The van der Waals surface area contributed by atoms with Gasteiger partial charge in [0.05, 0.1) is 18.2 Å². The SMILES string of the molecule is CCCCC1CCC(C(=O)c2c(C)c(C#N)c(=O)n(CC3CCCO3)c2O)CC1. The van der Waals surface area contributed by atoms with Crippen molar-refractivity contribution < 1.29 is 14.6 Å². The van der Waals surface area contributed by atoms with Crippen molar-refractivity contribution in [1.29, 1.82) is 5.26 Å². The lowest BCUT2D eigenvalue weighted by atomic mass is 9.76. The van der Waals surface area contributed by atoms with Crippen LogP contribution in [0, 0.1) is 30.1 Å². The number of pyridine rings is 1. The molecule has 0 spiro atoms. The van der Waals surface area contributed by atoms with Crippen LogP contribution in [-0.2, 0) is 11.3 Å². The quantitative estimate of drug-likeness (QED) is 0.696. The fourth-order valence-electron chi connectivity index (χ4n) is 4.82. The fraction of sp³-hybridized carbons (Fsp3) is 0.696. The first-order valence-electron chi connectivity index (χ1n) is 11.0. The van der Waals surface area contributed by atoms with Crippen LogP contribution >= 0.6 is 0 Å². The van der Waals surface area contributed by atoms with Crippen molar-refractivity contribution in [3.8, 4) is 11.9 Å². The first-order valence-corrected chi connectivity index (χ1v) is 11.0. The summed E-state index contributed by atoms with van der Waals surface area (Å²) >= 11 is 0. The van der Waals surface area contributed by atoms with Crippen molar-refractivity contribution in [2.24, 2.45) is 11.8 Å². The molecule has 1 saturated heterocycles. The Bertz CT molecular complexity index is 838. The number of ether oxygens (including phenoxy) is 1. The van der Waals surface area contributed by atoms with E-state index in [4.69, 9.17) is 4.74 Å². The molecule has 0 amide bonds. The molecule has 6 heteroatoms. The zero-order valence-corrected chi connectivity index (χ0v) is 17.6. The Labute approximate surface area is 172 Å². The molecule has 2 aliphatic rings. The third-order valence-electron chi connectivity index (χ3n) is 6.64. The summed E-state index contributed by atoms with van der Waals surface area (Å²) < 4.78 is 6.76. The third-order valence-corrected chi connectivity index (χ3v) is 6.64. The molecule has 0 bridgehead atoms. The number of aromatic hydroxyl groups is 1. The lowest BCUT2D eigenvalue weighted by Gasteiger charge is -2.28. The average molecular weight is 401 g/mol. The van der Waals surface area contributed by atoms with Crippen LogP contribution in [0.15, 0.2) is 4.79 Å². The number of nitrogens with zero attached hydrogens (tertiary/aromatic N) is 2. The first kappa shape index (κ1) is 21.6. The van der Waals surface area contributed by atoms with Crippen molar-refractivity contribution in [2.75, 3.05) is 6.61 Å². The van der Waals surface area contributed by atoms with E-state index in [9.17, 15) is 20.0 Å². The van der Waals surface area contributed by atoms with Crippen LogP contribution in [-0.4, -0.2) is 28.2 Å². The van der Waals surface area contributed by atoms with Crippen molar-refractivity contribution in [1.82, 2.24) is 4.57 Å². The summed E-state index contributed by atoms with van der Waals surface area (Å²) in [6.07, 6.45) is 8.82. The van der Waals surface area contributed by atoms with E-state index in [1.165, 1.54) is 23.8 Å². The molecule has 3 rings (SSSR count). The number of nitriles is 1. The number of aromatic nitrogens is 1. The Morgan fingerprint density at radius 2 is 2.00 bits per heavy atom. The van der Waals surface area contributed by atoms with Crippen LogP contribution in [0.5, 0.6) is 5.88 Å². The van der Waals surface area contributed by atoms with E-state index in [0.717, 1.165) is 38.5 Å². The number of unbranched alkanes of at least 4 members (excludes halogenated alkanes) is 1. The van der Waals surface area contributed by atoms with Crippen LogP contribution in [0.3, 0.4) is 0 Å². The van der Waals surface area contributed by atoms with Gasteiger partial charge in [-0.15, -0.1) is 0 Å². The second-order valence-electron chi connectivity index (χ2n) is 8.59. The van der Waals surface area contributed by atoms with Crippen LogP contribution in [0.4, 0.5) is 0 Å². The number of hydrogen-bond donors (Lipinski definition) is 1. The minimum Gasteiger partial charge on any atom is -0.494 e. The Kier molecular flexibility index (Phi) is 7.13. The molecule has 29 heavy (non-hydrogen) atoms. The predicted octanol–water partition coefficient (Wildman–Crippen LogP) is 4.09. The molecular formula is C23H32N2O4. The number of ketones is 1. The van der Waals surface area contributed by atoms with Gasteiger partial charge in [0.25, 0.3) is 5.56 Å². The summed E-state index contributed by atoms with van der Waals surface area (Å²) in [7, 11) is 0. The standard InChI is InChI=1S/C23H32N2O4/c1-3-4-6-16-8-10-17(11-9-16)21(26)20-15(2)19(13-24)22(27)25(23(20)28)14-18-7-5-12-29-18/h16-18,28H,3-12,14H2,1-2H3. The largest absolute Gasteiger partial charge is 0.494 e. The van der Waals surface area contributed by atoms with Crippen molar-refractivity contribution in [3.63, 3.8) is 0 Å². The van der Waals surface area contributed by atoms with Crippen LogP contribution in [0.1, 0.15) is 86.2 Å². The first-order chi connectivity index (χ1) is 14.0. The summed E-state index contributed by atoms with van der Waals surface area (Å²) in [6.45, 7) is 4.59. The molecule has 6 nitrogen and oxygen atoms in total. The van der Waals surface area contributed by atoms with E-state index in [0.29, 0.717) is 18.1 Å². The molecule has 1 aliphatic heterocycles. The van der Waals surface area contributed by atoms with Gasteiger partial charge in [-0.05, 0) is 56.9 Å². The van der Waals surface area contributed by atoms with Crippen LogP contribution in [0.25, 0.3) is 0 Å². The van der Waals surface area contributed by atoms with E-state index in [2.05, 4.69) is 6.92 Å². The molecule has 0 aromatic carbocycles.